The largest absolute Gasteiger partial charge is 0.444 e. The third-order valence-electron chi connectivity index (χ3n) is 4.59. The molecule has 1 aliphatic rings. The lowest BCUT2D eigenvalue weighted by molar-refractivity contribution is -0.0400. The monoisotopic (exact) mass is 376 g/mol. The van der Waals surface area contributed by atoms with Crippen LogP contribution < -0.4 is 0 Å². The van der Waals surface area contributed by atoms with Crippen molar-refractivity contribution in [2.24, 2.45) is 0 Å². The zero-order valence-corrected chi connectivity index (χ0v) is 16.1. The average Bonchev–Trinajstić information content (AvgIpc) is 2.51. The number of nitrogens with zero attached hydrogens (tertiary/aromatic N) is 2. The van der Waals surface area contributed by atoms with E-state index >= 15 is 0 Å². The molecule has 6 heteroatoms. The van der Waals surface area contributed by atoms with Crippen molar-refractivity contribution in [1.82, 2.24) is 9.88 Å². The summed E-state index contributed by atoms with van der Waals surface area (Å²) < 4.78 is 18.7. The van der Waals surface area contributed by atoms with Gasteiger partial charge in [-0.3, -0.25) is 4.90 Å². The number of halogens is 2. The molecule has 26 heavy (non-hydrogen) atoms. The fourth-order valence-corrected chi connectivity index (χ4v) is 3.25. The van der Waals surface area contributed by atoms with Gasteiger partial charge in [-0.1, -0.05) is 11.6 Å². The predicted octanol–water partition coefficient (Wildman–Crippen LogP) is 5.40. The van der Waals surface area contributed by atoms with E-state index in [2.05, 4.69) is 4.98 Å². The lowest BCUT2D eigenvalue weighted by Gasteiger charge is -2.50. The fourth-order valence-electron chi connectivity index (χ4n) is 3.05. The van der Waals surface area contributed by atoms with Crippen molar-refractivity contribution >= 4 is 17.7 Å². The molecule has 1 aromatic heterocycles. The SMILES string of the molecule is CC(C)(C)OC(=O)N1CC[C@]1(C)c1cc(Cl)nc(-c2ccc(F)cc2)c1. The van der Waals surface area contributed by atoms with E-state index in [4.69, 9.17) is 16.3 Å². The molecular weight excluding hydrogens is 355 g/mol. The summed E-state index contributed by atoms with van der Waals surface area (Å²) in [6, 6.07) is 9.76. The summed E-state index contributed by atoms with van der Waals surface area (Å²) in [5, 5.41) is 0.332. The lowest BCUT2D eigenvalue weighted by Crippen LogP contribution is -2.59. The third-order valence-corrected chi connectivity index (χ3v) is 4.78. The van der Waals surface area contributed by atoms with Gasteiger partial charge in [-0.25, -0.2) is 14.2 Å². The van der Waals surface area contributed by atoms with Gasteiger partial charge in [0.15, 0.2) is 0 Å². The Bertz CT molecular complexity index is 833. The molecule has 3 rings (SSSR count). The zero-order chi connectivity index (χ0) is 19.1. The summed E-state index contributed by atoms with van der Waals surface area (Å²) in [6.45, 7) is 8.14. The Labute approximate surface area is 157 Å². The molecule has 0 spiro atoms. The van der Waals surface area contributed by atoms with Crippen LogP contribution in [0.4, 0.5) is 9.18 Å². The van der Waals surface area contributed by atoms with Crippen LogP contribution in [0.25, 0.3) is 11.3 Å². The third kappa shape index (κ3) is 3.68. The van der Waals surface area contributed by atoms with E-state index < -0.39 is 11.1 Å². The first-order chi connectivity index (χ1) is 12.1. The maximum Gasteiger partial charge on any atom is 0.411 e. The number of likely N-dealkylation sites (tertiary alicyclic amines) is 1. The molecule has 1 saturated heterocycles. The number of amides is 1. The van der Waals surface area contributed by atoms with Crippen molar-refractivity contribution in [3.8, 4) is 11.3 Å². The first-order valence-corrected chi connectivity index (χ1v) is 8.91. The minimum absolute atomic E-state index is 0.307. The molecule has 0 saturated carbocycles. The smallest absolute Gasteiger partial charge is 0.411 e. The number of hydrogen-bond donors (Lipinski definition) is 0. The number of carbonyl (C=O) groups is 1. The van der Waals surface area contributed by atoms with Crippen molar-refractivity contribution < 1.29 is 13.9 Å². The molecule has 0 N–H and O–H groups in total. The summed E-state index contributed by atoms with van der Waals surface area (Å²) in [6.07, 6.45) is 0.456. The van der Waals surface area contributed by atoms with Gasteiger partial charge >= 0.3 is 6.09 Å². The molecule has 1 aromatic carbocycles. The molecule has 1 amide bonds. The molecular formula is C20H22ClFN2O2. The van der Waals surface area contributed by atoms with Crippen LogP contribution in [0.2, 0.25) is 5.15 Å². The van der Waals surface area contributed by atoms with Crippen molar-refractivity contribution in [3.05, 3.63) is 52.9 Å². The van der Waals surface area contributed by atoms with Crippen LogP contribution in [0.15, 0.2) is 36.4 Å². The number of carbonyl (C=O) groups excluding carboxylic acids is 1. The van der Waals surface area contributed by atoms with E-state index in [1.54, 1.807) is 23.1 Å². The first kappa shape index (κ1) is 18.6. The standard InChI is InChI=1S/C20H22ClFN2O2/c1-19(2,3)26-18(25)24-10-9-20(24,4)14-11-16(23-17(21)12-14)13-5-7-15(22)8-6-13/h5-8,11-12H,9-10H2,1-4H3/t20-/m1/s1. The molecule has 138 valence electrons. The normalized spacial score (nSPS) is 19.8. The van der Waals surface area contributed by atoms with Crippen molar-refractivity contribution in [3.63, 3.8) is 0 Å². The highest BCUT2D eigenvalue weighted by Gasteiger charge is 2.47. The van der Waals surface area contributed by atoms with Crippen LogP contribution in [-0.4, -0.2) is 28.1 Å². The van der Waals surface area contributed by atoms with Gasteiger partial charge in [-0.05, 0) is 76.1 Å². The first-order valence-electron chi connectivity index (χ1n) is 8.53. The second kappa shape index (κ2) is 6.54. The highest BCUT2D eigenvalue weighted by molar-refractivity contribution is 6.29. The Hall–Kier alpha value is -2.14. The molecule has 0 radical (unpaired) electrons. The minimum atomic E-state index is -0.553. The van der Waals surface area contributed by atoms with Crippen LogP contribution in [0, 0.1) is 5.82 Å². The Morgan fingerprint density at radius 2 is 1.92 bits per heavy atom. The molecule has 4 nitrogen and oxygen atoms in total. The van der Waals surface area contributed by atoms with Gasteiger partial charge in [0.25, 0.3) is 0 Å². The Morgan fingerprint density at radius 1 is 1.27 bits per heavy atom. The Balaban J connectivity index is 1.93. The van der Waals surface area contributed by atoms with E-state index in [1.165, 1.54) is 12.1 Å². The van der Waals surface area contributed by atoms with Crippen LogP contribution >= 0.6 is 11.6 Å². The van der Waals surface area contributed by atoms with Crippen molar-refractivity contribution in [2.45, 2.75) is 45.3 Å². The highest BCUT2D eigenvalue weighted by atomic mass is 35.5. The van der Waals surface area contributed by atoms with E-state index in [0.29, 0.717) is 17.4 Å². The van der Waals surface area contributed by atoms with Gasteiger partial charge in [0.1, 0.15) is 16.6 Å². The molecule has 1 fully saturated rings. The quantitative estimate of drug-likeness (QED) is 0.659. The van der Waals surface area contributed by atoms with E-state index in [-0.39, 0.29) is 11.9 Å². The zero-order valence-electron chi connectivity index (χ0n) is 15.3. The van der Waals surface area contributed by atoms with Gasteiger partial charge in [0, 0.05) is 12.1 Å². The van der Waals surface area contributed by atoms with Gasteiger partial charge in [-0.15, -0.1) is 0 Å². The second-order valence-electron chi connectivity index (χ2n) is 7.73. The van der Waals surface area contributed by atoms with Crippen molar-refractivity contribution in [2.75, 3.05) is 6.54 Å². The van der Waals surface area contributed by atoms with Crippen LogP contribution in [0.3, 0.4) is 0 Å². The maximum absolute atomic E-state index is 13.2. The number of pyridine rings is 1. The summed E-state index contributed by atoms with van der Waals surface area (Å²) in [7, 11) is 0. The topological polar surface area (TPSA) is 42.4 Å². The predicted molar refractivity (Wildman–Crippen MR) is 99.6 cm³/mol. The van der Waals surface area contributed by atoms with E-state index in [9.17, 15) is 9.18 Å². The van der Waals surface area contributed by atoms with Gasteiger partial charge in [0.05, 0.1) is 11.2 Å². The number of rotatable bonds is 2. The Kier molecular flexibility index (Phi) is 4.69. The average molecular weight is 377 g/mol. The number of benzene rings is 1. The van der Waals surface area contributed by atoms with Gasteiger partial charge < -0.3 is 4.74 Å². The minimum Gasteiger partial charge on any atom is -0.444 e. The summed E-state index contributed by atoms with van der Waals surface area (Å²) >= 11 is 6.23. The van der Waals surface area contributed by atoms with Crippen LogP contribution in [0.5, 0.6) is 0 Å². The molecule has 0 bridgehead atoms. The van der Waals surface area contributed by atoms with Crippen LogP contribution in [0.1, 0.15) is 39.7 Å². The summed E-state index contributed by atoms with van der Waals surface area (Å²) in [5.74, 6) is -0.307. The summed E-state index contributed by atoms with van der Waals surface area (Å²) in [4.78, 5) is 18.6. The van der Waals surface area contributed by atoms with Crippen LogP contribution in [-0.2, 0) is 10.3 Å². The molecule has 1 aliphatic heterocycles. The number of ether oxygens (including phenoxy) is 1. The summed E-state index contributed by atoms with van der Waals surface area (Å²) in [5.41, 5.74) is 1.23. The molecule has 2 heterocycles. The fraction of sp³-hybridized carbons (Fsp3) is 0.400. The van der Waals surface area contributed by atoms with Gasteiger partial charge in [0.2, 0.25) is 0 Å². The van der Waals surface area contributed by atoms with E-state index in [0.717, 1.165) is 17.5 Å². The molecule has 0 aliphatic carbocycles. The maximum atomic E-state index is 13.2. The number of hydrogen-bond acceptors (Lipinski definition) is 3. The van der Waals surface area contributed by atoms with Gasteiger partial charge in [-0.2, -0.15) is 0 Å². The lowest BCUT2D eigenvalue weighted by atomic mass is 9.80. The number of aromatic nitrogens is 1. The van der Waals surface area contributed by atoms with Crippen molar-refractivity contribution in [1.29, 1.82) is 0 Å². The second-order valence-corrected chi connectivity index (χ2v) is 8.11. The Morgan fingerprint density at radius 3 is 2.46 bits per heavy atom. The van der Waals surface area contributed by atoms with E-state index in [1.807, 2.05) is 33.8 Å². The molecule has 2 aromatic rings. The molecule has 1 atom stereocenters. The highest BCUT2D eigenvalue weighted by Crippen LogP contribution is 2.42. The molecule has 0 unspecified atom stereocenters.